The summed E-state index contributed by atoms with van der Waals surface area (Å²) in [6.45, 7) is 0.636. The first-order chi connectivity index (χ1) is 8.97. The molecule has 0 aliphatic rings. The zero-order valence-electron chi connectivity index (χ0n) is 9.98. The van der Waals surface area contributed by atoms with Gasteiger partial charge in [-0.2, -0.15) is 13.9 Å². The summed E-state index contributed by atoms with van der Waals surface area (Å²) < 4.78 is 31.8. The molecule has 2 rings (SSSR count). The topological polar surface area (TPSA) is 96.7 Å². The highest BCUT2D eigenvalue weighted by Gasteiger charge is 2.36. The van der Waals surface area contributed by atoms with Gasteiger partial charge in [-0.05, 0) is 6.92 Å². The Hall–Kier alpha value is -2.32. The zero-order chi connectivity index (χ0) is 13.9. The van der Waals surface area contributed by atoms with Crippen molar-refractivity contribution >= 4 is 5.91 Å². The molecule has 9 heteroatoms. The molecule has 2 N–H and O–H groups in total. The molecule has 0 aliphatic carbocycles. The number of hydrogen-bond donors (Lipinski definition) is 2. The number of aromatic amines is 1. The van der Waals surface area contributed by atoms with Gasteiger partial charge in [-0.25, -0.2) is 4.98 Å². The van der Waals surface area contributed by atoms with Crippen LogP contribution in [0.3, 0.4) is 0 Å². The summed E-state index contributed by atoms with van der Waals surface area (Å²) in [5.41, 5.74) is 0.370. The van der Waals surface area contributed by atoms with E-state index in [0.717, 1.165) is 0 Å². The third kappa shape index (κ3) is 3.33. The van der Waals surface area contributed by atoms with Gasteiger partial charge < -0.3 is 9.84 Å². The number of halogens is 2. The lowest BCUT2D eigenvalue weighted by Crippen LogP contribution is -2.36. The van der Waals surface area contributed by atoms with Gasteiger partial charge in [0.15, 0.2) is 0 Å². The number of carbonyl (C=O) groups excluding carboxylic acids is 1. The van der Waals surface area contributed by atoms with Crippen LogP contribution in [0.2, 0.25) is 0 Å². The van der Waals surface area contributed by atoms with Crippen LogP contribution in [0.4, 0.5) is 8.78 Å². The Bertz CT molecular complexity index is 552. The lowest BCUT2D eigenvalue weighted by Gasteiger charge is -2.13. The number of nitrogens with one attached hydrogen (secondary N) is 2. The van der Waals surface area contributed by atoms with Crippen LogP contribution in [-0.2, 0) is 17.1 Å². The van der Waals surface area contributed by atoms with E-state index in [1.165, 1.54) is 19.3 Å². The minimum Gasteiger partial charge on any atom is -0.364 e. The molecule has 102 valence electrons. The molecule has 0 saturated heterocycles. The number of rotatable bonds is 5. The summed E-state index contributed by atoms with van der Waals surface area (Å²) in [4.78, 5) is 15.0. The Morgan fingerprint density at radius 2 is 2.37 bits per heavy atom. The quantitative estimate of drug-likeness (QED) is 0.827. The normalized spacial score (nSPS) is 11.5. The molecule has 0 fully saturated rings. The van der Waals surface area contributed by atoms with E-state index in [4.69, 9.17) is 0 Å². The van der Waals surface area contributed by atoms with Crippen LogP contribution < -0.4 is 5.32 Å². The molecule has 1 amide bonds. The summed E-state index contributed by atoms with van der Waals surface area (Å²) >= 11 is 0. The van der Waals surface area contributed by atoms with E-state index in [2.05, 4.69) is 30.2 Å². The van der Waals surface area contributed by atoms with Crippen LogP contribution in [0.5, 0.6) is 0 Å². The van der Waals surface area contributed by atoms with Crippen LogP contribution in [0.1, 0.15) is 17.3 Å². The Morgan fingerprint density at radius 3 is 2.95 bits per heavy atom. The van der Waals surface area contributed by atoms with Crippen molar-refractivity contribution in [1.82, 2.24) is 25.7 Å². The summed E-state index contributed by atoms with van der Waals surface area (Å²) in [7, 11) is 0. The maximum Gasteiger partial charge on any atom is 0.325 e. The fourth-order valence-corrected chi connectivity index (χ4v) is 1.35. The maximum atomic E-state index is 13.6. The maximum absolute atomic E-state index is 13.6. The molecule has 0 aromatic carbocycles. The van der Waals surface area contributed by atoms with Gasteiger partial charge in [0.25, 0.3) is 0 Å². The fourth-order valence-electron chi connectivity index (χ4n) is 1.35. The molecule has 0 radical (unpaired) electrons. The molecule has 2 aromatic heterocycles. The molecule has 19 heavy (non-hydrogen) atoms. The number of carbonyl (C=O) groups is 1. The number of alkyl halides is 2. The number of aryl methyl sites for hydroxylation is 1. The van der Waals surface area contributed by atoms with Crippen molar-refractivity contribution in [3.63, 3.8) is 0 Å². The van der Waals surface area contributed by atoms with Gasteiger partial charge in [-0.15, -0.1) is 0 Å². The van der Waals surface area contributed by atoms with Gasteiger partial charge in [-0.3, -0.25) is 9.89 Å². The second-order valence-corrected chi connectivity index (χ2v) is 3.89. The molecule has 0 atom stereocenters. The average Bonchev–Trinajstić information content (AvgIpc) is 2.98. The minimum atomic E-state index is -3.33. The Balaban J connectivity index is 1.89. The molecule has 0 bridgehead atoms. The first kappa shape index (κ1) is 13.1. The van der Waals surface area contributed by atoms with Crippen LogP contribution in [0.25, 0.3) is 0 Å². The van der Waals surface area contributed by atoms with Gasteiger partial charge >= 0.3 is 5.92 Å². The van der Waals surface area contributed by atoms with Crippen molar-refractivity contribution in [2.24, 2.45) is 0 Å². The molecule has 7 nitrogen and oxygen atoms in total. The van der Waals surface area contributed by atoms with Crippen molar-refractivity contribution in [2.45, 2.75) is 19.3 Å². The SMILES string of the molecule is Cc1nc(C(F)(F)CNC(=O)Cc2ccon2)n[nH]1. The van der Waals surface area contributed by atoms with Crippen molar-refractivity contribution < 1.29 is 18.1 Å². The number of H-pyrrole nitrogens is 1. The van der Waals surface area contributed by atoms with E-state index in [1.807, 2.05) is 0 Å². The van der Waals surface area contributed by atoms with E-state index in [1.54, 1.807) is 0 Å². The molecule has 2 aromatic rings. The van der Waals surface area contributed by atoms with Crippen molar-refractivity contribution in [1.29, 1.82) is 0 Å². The molecule has 0 unspecified atom stereocenters. The van der Waals surface area contributed by atoms with Gasteiger partial charge in [-0.1, -0.05) is 5.16 Å². The third-order valence-electron chi connectivity index (χ3n) is 2.26. The Morgan fingerprint density at radius 1 is 1.58 bits per heavy atom. The summed E-state index contributed by atoms with van der Waals surface area (Å²) in [5, 5.41) is 11.3. The van der Waals surface area contributed by atoms with Crippen LogP contribution in [-0.4, -0.2) is 32.8 Å². The third-order valence-corrected chi connectivity index (χ3v) is 2.26. The monoisotopic (exact) mass is 271 g/mol. The first-order valence-electron chi connectivity index (χ1n) is 5.40. The molecule has 0 aliphatic heterocycles. The lowest BCUT2D eigenvalue weighted by atomic mass is 10.2. The van der Waals surface area contributed by atoms with Gasteiger partial charge in [0.2, 0.25) is 11.7 Å². The summed E-state index contributed by atoms with van der Waals surface area (Å²) in [5.74, 6) is -4.28. The summed E-state index contributed by atoms with van der Waals surface area (Å²) in [6.07, 6.45) is 1.17. The van der Waals surface area contributed by atoms with Gasteiger partial charge in [0.05, 0.1) is 18.7 Å². The number of hydrogen-bond acceptors (Lipinski definition) is 5. The standard InChI is InChI=1S/C10H11F2N5O2/c1-6-14-9(16-15-6)10(11,12)5-13-8(18)4-7-2-3-19-17-7/h2-3H,4-5H2,1H3,(H,13,18)(H,14,15,16). The predicted octanol–water partition coefficient (Wildman–Crippen LogP) is 0.552. The smallest absolute Gasteiger partial charge is 0.325 e. The van der Waals surface area contributed by atoms with Crippen LogP contribution in [0.15, 0.2) is 16.9 Å². The highest BCUT2D eigenvalue weighted by molar-refractivity contribution is 5.78. The molecular formula is C10H11F2N5O2. The molecule has 0 saturated carbocycles. The number of nitrogens with zero attached hydrogens (tertiary/aromatic N) is 3. The van der Waals surface area contributed by atoms with Crippen LogP contribution >= 0.6 is 0 Å². The largest absolute Gasteiger partial charge is 0.364 e. The van der Waals surface area contributed by atoms with Gasteiger partial charge in [0.1, 0.15) is 12.1 Å². The van der Waals surface area contributed by atoms with E-state index in [9.17, 15) is 13.6 Å². The highest BCUT2D eigenvalue weighted by Crippen LogP contribution is 2.23. The molecule has 0 spiro atoms. The second-order valence-electron chi connectivity index (χ2n) is 3.89. The van der Waals surface area contributed by atoms with E-state index < -0.39 is 24.2 Å². The van der Waals surface area contributed by atoms with E-state index >= 15 is 0 Å². The van der Waals surface area contributed by atoms with Crippen molar-refractivity contribution in [3.05, 3.63) is 29.7 Å². The predicted molar refractivity (Wildman–Crippen MR) is 58.2 cm³/mol. The molecular weight excluding hydrogens is 260 g/mol. The first-order valence-corrected chi connectivity index (χ1v) is 5.40. The average molecular weight is 271 g/mol. The number of aromatic nitrogens is 4. The van der Waals surface area contributed by atoms with Crippen molar-refractivity contribution in [3.8, 4) is 0 Å². The second kappa shape index (κ2) is 5.12. The van der Waals surface area contributed by atoms with Gasteiger partial charge in [0, 0.05) is 6.07 Å². The van der Waals surface area contributed by atoms with Crippen LogP contribution in [0, 0.1) is 6.92 Å². The Labute approximate surface area is 106 Å². The summed E-state index contributed by atoms with van der Waals surface area (Å²) in [6, 6.07) is 1.48. The highest BCUT2D eigenvalue weighted by atomic mass is 19.3. The number of amides is 1. The lowest BCUT2D eigenvalue weighted by molar-refractivity contribution is -0.122. The van der Waals surface area contributed by atoms with E-state index in [-0.39, 0.29) is 12.2 Å². The minimum absolute atomic E-state index is 0.125. The van der Waals surface area contributed by atoms with Crippen molar-refractivity contribution in [2.75, 3.05) is 6.54 Å². The van der Waals surface area contributed by atoms with E-state index in [0.29, 0.717) is 5.69 Å². The zero-order valence-corrected chi connectivity index (χ0v) is 9.98. The Kier molecular flexibility index (Phi) is 3.54. The fraction of sp³-hybridized carbons (Fsp3) is 0.400. The molecule has 2 heterocycles.